The second-order valence-electron chi connectivity index (χ2n) is 4.60. The summed E-state index contributed by atoms with van der Waals surface area (Å²) in [5.41, 5.74) is 0. The summed E-state index contributed by atoms with van der Waals surface area (Å²) < 4.78 is 1.46. The number of amides is 1. The van der Waals surface area contributed by atoms with Gasteiger partial charge in [-0.05, 0) is 0 Å². The quantitative estimate of drug-likeness (QED) is 0.808. The minimum absolute atomic E-state index is 0.267. The van der Waals surface area contributed by atoms with E-state index in [4.69, 9.17) is 0 Å². The van der Waals surface area contributed by atoms with Gasteiger partial charge in [-0.1, -0.05) is 0 Å². The first-order chi connectivity index (χ1) is 7.83. The van der Waals surface area contributed by atoms with Crippen molar-refractivity contribution in [3.63, 3.8) is 0 Å². The van der Waals surface area contributed by atoms with E-state index < -0.39 is 0 Å². The molecule has 2 aliphatic rings. The molecule has 1 saturated carbocycles. The van der Waals surface area contributed by atoms with Gasteiger partial charge in [0.05, 0.1) is 0 Å². The van der Waals surface area contributed by atoms with E-state index in [2.05, 4.69) is 35.6 Å². The summed E-state index contributed by atoms with van der Waals surface area (Å²) in [5.74, 6) is 0.895. The topological polar surface area (TPSA) is 29.1 Å². The maximum atomic E-state index is 11.4. The Bertz CT molecular complexity index is 392. The Labute approximate surface area is 102 Å². The molecule has 0 bridgehead atoms. The van der Waals surface area contributed by atoms with Gasteiger partial charge in [-0.15, -0.1) is 0 Å². The SMILES string of the molecule is O=C1C[C@H]2CC[C@H]([Se]c3ccccc3)[C@H]2N1. The third kappa shape index (κ3) is 1.90. The molecule has 84 valence electrons. The number of fused-ring (bicyclic) bond motifs is 1. The van der Waals surface area contributed by atoms with Crippen LogP contribution < -0.4 is 9.78 Å². The van der Waals surface area contributed by atoms with Gasteiger partial charge in [-0.3, -0.25) is 0 Å². The first kappa shape index (κ1) is 10.4. The van der Waals surface area contributed by atoms with Crippen molar-refractivity contribution in [1.29, 1.82) is 0 Å². The zero-order valence-electron chi connectivity index (χ0n) is 9.06. The van der Waals surface area contributed by atoms with Crippen LogP contribution in [0.3, 0.4) is 0 Å². The van der Waals surface area contributed by atoms with Gasteiger partial charge in [0.15, 0.2) is 0 Å². The van der Waals surface area contributed by atoms with Crippen molar-refractivity contribution in [1.82, 2.24) is 5.32 Å². The molecule has 0 spiro atoms. The molecule has 2 fully saturated rings. The molecule has 0 aromatic heterocycles. The standard InChI is InChI=1S/C13H15NOSe/c15-12-8-9-6-7-11(13(9)14-12)16-10-4-2-1-3-5-10/h1-5,9,11,13H,6-8H2,(H,14,15)/t9-,11+,13+/m1/s1. The van der Waals surface area contributed by atoms with Gasteiger partial charge < -0.3 is 0 Å². The Kier molecular flexibility index (Phi) is 2.74. The summed E-state index contributed by atoms with van der Waals surface area (Å²) in [6, 6.07) is 11.2. The summed E-state index contributed by atoms with van der Waals surface area (Å²) in [4.78, 5) is 12.1. The van der Waals surface area contributed by atoms with E-state index in [0.717, 1.165) is 6.42 Å². The average Bonchev–Trinajstić information content (AvgIpc) is 2.81. The van der Waals surface area contributed by atoms with Gasteiger partial charge in [-0.25, -0.2) is 0 Å². The van der Waals surface area contributed by atoms with Crippen LogP contribution in [-0.4, -0.2) is 26.9 Å². The molecule has 1 aromatic rings. The van der Waals surface area contributed by atoms with Gasteiger partial charge in [0, 0.05) is 0 Å². The van der Waals surface area contributed by atoms with Crippen LogP contribution in [0.1, 0.15) is 19.3 Å². The van der Waals surface area contributed by atoms with E-state index >= 15 is 0 Å². The average molecular weight is 280 g/mol. The van der Waals surface area contributed by atoms with Crippen LogP contribution in [0.2, 0.25) is 4.82 Å². The number of nitrogens with one attached hydrogen (secondary N) is 1. The first-order valence-electron chi connectivity index (χ1n) is 5.84. The molecule has 1 heterocycles. The predicted molar refractivity (Wildman–Crippen MR) is 64.9 cm³/mol. The molecule has 1 aromatic carbocycles. The van der Waals surface area contributed by atoms with Crippen LogP contribution in [-0.2, 0) is 4.79 Å². The third-order valence-corrected chi connectivity index (χ3v) is 6.42. The third-order valence-electron chi connectivity index (χ3n) is 3.54. The van der Waals surface area contributed by atoms with Gasteiger partial charge in [0.25, 0.3) is 0 Å². The fourth-order valence-corrected chi connectivity index (χ4v) is 5.61. The minimum atomic E-state index is 0.267. The fourth-order valence-electron chi connectivity index (χ4n) is 2.77. The Morgan fingerprint density at radius 1 is 1.19 bits per heavy atom. The number of benzene rings is 1. The van der Waals surface area contributed by atoms with Gasteiger partial charge in [-0.2, -0.15) is 0 Å². The molecule has 0 radical (unpaired) electrons. The van der Waals surface area contributed by atoms with Crippen LogP contribution in [0.5, 0.6) is 0 Å². The van der Waals surface area contributed by atoms with Crippen LogP contribution in [0.15, 0.2) is 30.3 Å². The van der Waals surface area contributed by atoms with Crippen molar-refractivity contribution in [2.45, 2.75) is 30.1 Å². The normalized spacial score (nSPS) is 32.5. The Morgan fingerprint density at radius 3 is 2.81 bits per heavy atom. The first-order valence-corrected chi connectivity index (χ1v) is 7.68. The zero-order chi connectivity index (χ0) is 11.0. The summed E-state index contributed by atoms with van der Waals surface area (Å²) in [6.07, 6.45) is 3.30. The Balaban J connectivity index is 1.70. The van der Waals surface area contributed by atoms with Crippen LogP contribution >= 0.6 is 0 Å². The molecule has 1 saturated heterocycles. The van der Waals surface area contributed by atoms with Crippen molar-refractivity contribution in [3.05, 3.63) is 30.3 Å². The van der Waals surface area contributed by atoms with E-state index in [1.165, 1.54) is 17.3 Å². The molecule has 2 nitrogen and oxygen atoms in total. The Morgan fingerprint density at radius 2 is 2.00 bits per heavy atom. The number of rotatable bonds is 2. The molecular weight excluding hydrogens is 265 g/mol. The molecule has 3 heteroatoms. The predicted octanol–water partition coefficient (Wildman–Crippen LogP) is 1.10. The van der Waals surface area contributed by atoms with Crippen molar-refractivity contribution in [2.24, 2.45) is 5.92 Å². The molecule has 1 aliphatic carbocycles. The van der Waals surface area contributed by atoms with Gasteiger partial charge >= 0.3 is 102 Å². The second-order valence-corrected chi connectivity index (χ2v) is 7.36. The van der Waals surface area contributed by atoms with Crippen molar-refractivity contribution in [3.8, 4) is 0 Å². The molecule has 3 atom stereocenters. The maximum absolute atomic E-state index is 11.4. The molecule has 1 N–H and O–H groups in total. The number of carbonyl (C=O) groups is 1. The number of hydrogen-bond donors (Lipinski definition) is 1. The van der Waals surface area contributed by atoms with E-state index in [9.17, 15) is 4.79 Å². The summed E-state index contributed by atoms with van der Waals surface area (Å²) >= 11 is 0.512. The molecule has 3 rings (SSSR count). The molecule has 1 aliphatic heterocycles. The molecule has 1 amide bonds. The molecule has 16 heavy (non-hydrogen) atoms. The van der Waals surface area contributed by atoms with Crippen molar-refractivity contribution < 1.29 is 4.79 Å². The van der Waals surface area contributed by atoms with E-state index in [-0.39, 0.29) is 5.91 Å². The number of carbonyl (C=O) groups excluding carboxylic acids is 1. The summed E-state index contributed by atoms with van der Waals surface area (Å²) in [6.45, 7) is 0. The zero-order valence-corrected chi connectivity index (χ0v) is 10.8. The van der Waals surface area contributed by atoms with Crippen molar-refractivity contribution >= 4 is 25.3 Å². The number of hydrogen-bond acceptors (Lipinski definition) is 1. The van der Waals surface area contributed by atoms with Gasteiger partial charge in [0.2, 0.25) is 0 Å². The fraction of sp³-hybridized carbons (Fsp3) is 0.462. The van der Waals surface area contributed by atoms with Crippen molar-refractivity contribution in [2.75, 3.05) is 0 Å². The van der Waals surface area contributed by atoms with Crippen LogP contribution in [0.25, 0.3) is 0 Å². The monoisotopic (exact) mass is 281 g/mol. The van der Waals surface area contributed by atoms with E-state index in [1.54, 1.807) is 0 Å². The Hall–Kier alpha value is -0.791. The summed E-state index contributed by atoms with van der Waals surface area (Å²) in [5, 5.41) is 3.16. The second kappa shape index (κ2) is 4.23. The molecular formula is C13H15NOSe. The summed E-state index contributed by atoms with van der Waals surface area (Å²) in [7, 11) is 0. The van der Waals surface area contributed by atoms with E-state index in [0.29, 0.717) is 31.7 Å². The molecule has 0 unspecified atom stereocenters. The van der Waals surface area contributed by atoms with Gasteiger partial charge in [0.1, 0.15) is 0 Å². The van der Waals surface area contributed by atoms with Crippen LogP contribution in [0, 0.1) is 5.92 Å². The van der Waals surface area contributed by atoms with Crippen LogP contribution in [0.4, 0.5) is 0 Å². The van der Waals surface area contributed by atoms with E-state index in [1.807, 2.05) is 0 Å².